The molecule has 142 valence electrons. The molecule has 4 unspecified atom stereocenters. The van der Waals surface area contributed by atoms with Crippen LogP contribution in [-0.4, -0.2) is 64.0 Å². The molecule has 0 aromatic heterocycles. The number of nitrogens with one attached hydrogen (secondary N) is 3. The van der Waals surface area contributed by atoms with Gasteiger partial charge in [0.2, 0.25) is 0 Å². The summed E-state index contributed by atoms with van der Waals surface area (Å²) in [6.07, 6.45) is -0.0338. The van der Waals surface area contributed by atoms with Crippen LogP contribution in [0.4, 0.5) is 0 Å². The number of aliphatic hydroxyl groups is 1. The number of likely N-dealkylation sites (N-methyl/N-ethyl adjacent to an activating group) is 1. The first-order valence-corrected chi connectivity index (χ1v) is 12.9. The van der Waals surface area contributed by atoms with Crippen molar-refractivity contribution >= 4 is 43.1 Å². The van der Waals surface area contributed by atoms with Gasteiger partial charge in [-0.25, -0.2) is 0 Å². The summed E-state index contributed by atoms with van der Waals surface area (Å²) in [6.45, 7) is 7.44. The van der Waals surface area contributed by atoms with E-state index in [1.165, 1.54) is 7.11 Å². The van der Waals surface area contributed by atoms with Crippen LogP contribution >= 0.6 is 43.1 Å². The fraction of sp³-hybridized carbons (Fsp3) is 1.00. The number of aliphatic hydroxyl groups excluding tert-OH is 1. The first kappa shape index (κ1) is 19.9. The SMILES string of the molecule is COC(O)NC1(I(O)N(C)[C@]2(CI)C[C@@]23NCC(C)N3)C(C)[C@@H]1C. The van der Waals surface area contributed by atoms with Gasteiger partial charge in [-0.15, -0.1) is 0 Å². The topological polar surface area (TPSA) is 89.0 Å². The van der Waals surface area contributed by atoms with Gasteiger partial charge in [-0.1, -0.05) is 0 Å². The van der Waals surface area contributed by atoms with Crippen molar-refractivity contribution in [2.24, 2.45) is 11.8 Å². The zero-order valence-corrected chi connectivity index (χ0v) is 19.3. The molecule has 24 heavy (non-hydrogen) atoms. The molecule has 3 rings (SSSR count). The molecule has 1 aliphatic heterocycles. The van der Waals surface area contributed by atoms with Crippen molar-refractivity contribution in [1.29, 1.82) is 0 Å². The third kappa shape index (κ3) is 2.68. The molecule has 2 aliphatic carbocycles. The molecule has 0 amide bonds. The number of halogens is 2. The Morgan fingerprint density at radius 3 is 2.46 bits per heavy atom. The van der Waals surface area contributed by atoms with Crippen molar-refractivity contribution < 1.29 is 13.3 Å². The third-order valence-electron chi connectivity index (χ3n) is 6.29. The van der Waals surface area contributed by atoms with Crippen molar-refractivity contribution in [3.8, 4) is 0 Å². The van der Waals surface area contributed by atoms with E-state index in [0.29, 0.717) is 17.9 Å². The third-order valence-corrected chi connectivity index (χ3v) is 13.7. The summed E-state index contributed by atoms with van der Waals surface area (Å²) in [7, 11) is 3.53. The molecule has 9 heteroatoms. The zero-order valence-electron chi connectivity index (χ0n) is 14.9. The van der Waals surface area contributed by atoms with Gasteiger partial charge in [0.25, 0.3) is 0 Å². The van der Waals surface area contributed by atoms with Crippen LogP contribution in [0.5, 0.6) is 0 Å². The minimum absolute atomic E-state index is 0.0628. The Morgan fingerprint density at radius 1 is 1.42 bits per heavy atom. The van der Waals surface area contributed by atoms with Crippen molar-refractivity contribution in [1.82, 2.24) is 19.1 Å². The maximum atomic E-state index is 11.4. The van der Waals surface area contributed by atoms with Gasteiger partial charge in [0.1, 0.15) is 0 Å². The molecule has 1 spiro atoms. The van der Waals surface area contributed by atoms with E-state index in [1.54, 1.807) is 0 Å². The number of ether oxygens (including phenoxy) is 1. The van der Waals surface area contributed by atoms with Crippen LogP contribution in [0.15, 0.2) is 0 Å². The van der Waals surface area contributed by atoms with E-state index in [2.05, 4.69) is 69.5 Å². The van der Waals surface area contributed by atoms with Gasteiger partial charge in [0.05, 0.1) is 0 Å². The molecular formula is C15H30I2N4O3. The van der Waals surface area contributed by atoms with Gasteiger partial charge in [0, 0.05) is 0 Å². The summed E-state index contributed by atoms with van der Waals surface area (Å²) >= 11 is -0.140. The van der Waals surface area contributed by atoms with E-state index in [9.17, 15) is 8.54 Å². The van der Waals surface area contributed by atoms with Gasteiger partial charge in [0.15, 0.2) is 0 Å². The second-order valence-electron chi connectivity index (χ2n) is 7.47. The molecule has 0 radical (unpaired) electrons. The normalized spacial score (nSPS) is 48.9. The van der Waals surface area contributed by atoms with Gasteiger partial charge >= 0.3 is 167 Å². The van der Waals surface area contributed by atoms with Crippen molar-refractivity contribution in [2.45, 2.75) is 54.4 Å². The van der Waals surface area contributed by atoms with Crippen molar-refractivity contribution in [3.05, 3.63) is 0 Å². The number of nitrogens with zero attached hydrogens (tertiary/aromatic N) is 1. The molecular weight excluding hydrogens is 538 g/mol. The quantitative estimate of drug-likeness (QED) is 0.101. The molecule has 1 heterocycles. The minimum atomic E-state index is -2.58. The summed E-state index contributed by atoms with van der Waals surface area (Å²) < 4.78 is 19.2. The van der Waals surface area contributed by atoms with Gasteiger partial charge in [-0.3, -0.25) is 0 Å². The van der Waals surface area contributed by atoms with Crippen LogP contribution in [0.1, 0.15) is 27.2 Å². The van der Waals surface area contributed by atoms with E-state index in [4.69, 9.17) is 4.74 Å². The van der Waals surface area contributed by atoms with Crippen molar-refractivity contribution in [3.63, 3.8) is 0 Å². The molecule has 2 saturated carbocycles. The van der Waals surface area contributed by atoms with E-state index in [1.807, 2.05) is 0 Å². The predicted molar refractivity (Wildman–Crippen MR) is 111 cm³/mol. The Hall–Kier alpha value is 1.18. The Bertz CT molecular complexity index is 487. The van der Waals surface area contributed by atoms with Crippen LogP contribution in [-0.2, 0) is 4.74 Å². The second kappa shape index (κ2) is 6.66. The number of rotatable bonds is 7. The summed E-state index contributed by atoms with van der Waals surface area (Å²) in [5.74, 6) is 0.647. The molecule has 5 N–H and O–H groups in total. The van der Waals surface area contributed by atoms with Crippen LogP contribution < -0.4 is 16.0 Å². The average molecular weight is 568 g/mol. The number of methoxy groups -OCH3 is 1. The summed E-state index contributed by atoms with van der Waals surface area (Å²) in [6, 6.07) is 0.449. The molecule has 7 atom stereocenters. The van der Waals surface area contributed by atoms with Gasteiger partial charge < -0.3 is 0 Å². The standard InChI is InChI=1S/C15H30I2N4O3/c1-9-6-18-14(19-9)7-13(14,8-16)21(4)17(23)15(10(2)11(15)3)20-12(22)24-5/h9-12,18-20,22-23H,6-8H2,1-5H3/t9?,10-,11?,12?,13-,14-,15?/m0/s1. The van der Waals surface area contributed by atoms with Crippen LogP contribution in [0.3, 0.4) is 0 Å². The fourth-order valence-electron chi connectivity index (χ4n) is 4.23. The molecule has 0 bridgehead atoms. The number of alkyl halides is 2. The van der Waals surface area contributed by atoms with E-state index >= 15 is 0 Å². The molecule has 0 aromatic carbocycles. The Morgan fingerprint density at radius 2 is 2.04 bits per heavy atom. The van der Waals surface area contributed by atoms with Crippen molar-refractivity contribution in [2.75, 3.05) is 25.1 Å². The number of hydrogen-bond acceptors (Lipinski definition) is 7. The second-order valence-corrected chi connectivity index (χ2v) is 12.9. The molecule has 0 aromatic rings. The predicted octanol–water partition coefficient (Wildman–Crippen LogP) is 0.596. The van der Waals surface area contributed by atoms with E-state index < -0.39 is 30.5 Å². The Kier molecular flexibility index (Phi) is 5.53. The molecule has 1 saturated heterocycles. The summed E-state index contributed by atoms with van der Waals surface area (Å²) in [5.41, 5.74) is -0.143. The molecule has 3 aliphatic rings. The first-order chi connectivity index (χ1) is 11.2. The summed E-state index contributed by atoms with van der Waals surface area (Å²) in [5, 5.41) is 20.5. The monoisotopic (exact) mass is 568 g/mol. The van der Waals surface area contributed by atoms with Crippen LogP contribution in [0.2, 0.25) is 0 Å². The Balaban J connectivity index is 1.80. The fourth-order valence-corrected chi connectivity index (χ4v) is 12.3. The maximum absolute atomic E-state index is 11.4. The van der Waals surface area contributed by atoms with Gasteiger partial charge in [-0.2, -0.15) is 0 Å². The summed E-state index contributed by atoms with van der Waals surface area (Å²) in [4.78, 5) is 0. The van der Waals surface area contributed by atoms with E-state index in [0.717, 1.165) is 17.4 Å². The average Bonchev–Trinajstić information content (AvgIpc) is 3.29. The van der Waals surface area contributed by atoms with Crippen LogP contribution in [0, 0.1) is 11.8 Å². The zero-order chi connectivity index (χ0) is 17.9. The molecule has 7 nitrogen and oxygen atoms in total. The van der Waals surface area contributed by atoms with E-state index in [-0.39, 0.29) is 11.2 Å². The van der Waals surface area contributed by atoms with Gasteiger partial charge in [-0.05, 0) is 0 Å². The molecule has 3 fully saturated rings. The first-order valence-electron chi connectivity index (χ1n) is 8.41. The Labute approximate surface area is 166 Å². The number of hydrogen-bond donors (Lipinski definition) is 5. The van der Waals surface area contributed by atoms with Crippen LogP contribution in [0.25, 0.3) is 0 Å².